The molecule has 1 heterocycles. The molecule has 1 fully saturated rings. The number of hydrogen-bond acceptors (Lipinski definition) is 6. The van der Waals surface area contributed by atoms with E-state index in [1.807, 2.05) is 0 Å². The summed E-state index contributed by atoms with van der Waals surface area (Å²) >= 11 is 0. The largest absolute Gasteiger partial charge is 0.468 e. The van der Waals surface area contributed by atoms with E-state index in [1.165, 1.54) is 19.2 Å². The lowest BCUT2D eigenvalue weighted by Gasteiger charge is -2.38. The Morgan fingerprint density at radius 1 is 1.09 bits per heavy atom. The predicted octanol–water partition coefficient (Wildman–Crippen LogP) is 4.80. The van der Waals surface area contributed by atoms with Gasteiger partial charge in [-0.3, -0.25) is 9.59 Å². The molecule has 0 unspecified atom stereocenters. The Hall–Kier alpha value is -3.10. The highest BCUT2D eigenvalue weighted by atomic mass is 19.4. The zero-order chi connectivity index (χ0) is 25.5. The summed E-state index contributed by atoms with van der Waals surface area (Å²) in [4.78, 5) is 39.5. The van der Waals surface area contributed by atoms with Crippen molar-refractivity contribution in [3.63, 3.8) is 0 Å². The fraction of sp³-hybridized carbons (Fsp3) is 0.500. The van der Waals surface area contributed by atoms with Crippen molar-refractivity contribution in [2.75, 3.05) is 7.11 Å². The van der Waals surface area contributed by atoms with Gasteiger partial charge in [-0.2, -0.15) is 13.2 Å². The van der Waals surface area contributed by atoms with Crippen LogP contribution in [0.25, 0.3) is 0 Å². The summed E-state index contributed by atoms with van der Waals surface area (Å²) < 4.78 is 50.2. The van der Waals surface area contributed by atoms with Crippen molar-refractivity contribution in [3.8, 4) is 0 Å². The number of alkyl halides is 3. The molecule has 0 bridgehead atoms. The molecule has 0 aromatic heterocycles. The second-order valence-corrected chi connectivity index (χ2v) is 9.47. The van der Waals surface area contributed by atoms with Crippen LogP contribution >= 0.6 is 0 Å². The SMILES string of the molecule is COC(=O)[C@H]1C(=O)C2=C(C[C@H]1C)NC(C)=C(C(=O)OC1CCCC1)[C@H]2c1ccc(C(F)(F)F)cc1. The zero-order valence-electron chi connectivity index (χ0n) is 19.8. The van der Waals surface area contributed by atoms with Crippen molar-refractivity contribution in [1.82, 2.24) is 5.32 Å². The fourth-order valence-corrected chi connectivity index (χ4v) is 5.37. The van der Waals surface area contributed by atoms with Gasteiger partial charge in [-0.25, -0.2) is 4.79 Å². The number of carbonyl (C=O) groups is 3. The van der Waals surface area contributed by atoms with Gasteiger partial charge in [-0.05, 0) is 62.6 Å². The lowest BCUT2D eigenvalue weighted by atomic mass is 9.69. The maximum absolute atomic E-state index is 13.6. The van der Waals surface area contributed by atoms with E-state index in [0.717, 1.165) is 37.8 Å². The number of ether oxygens (including phenoxy) is 2. The van der Waals surface area contributed by atoms with Gasteiger partial charge in [0.25, 0.3) is 0 Å². The van der Waals surface area contributed by atoms with Gasteiger partial charge < -0.3 is 14.8 Å². The Morgan fingerprint density at radius 3 is 2.29 bits per heavy atom. The minimum atomic E-state index is -4.53. The molecular weight excluding hydrogens is 463 g/mol. The Balaban J connectivity index is 1.81. The molecule has 0 amide bonds. The first-order valence-corrected chi connectivity index (χ1v) is 11.7. The minimum absolute atomic E-state index is 0.168. The van der Waals surface area contributed by atoms with Gasteiger partial charge in [0.05, 0.1) is 18.2 Å². The van der Waals surface area contributed by atoms with Crippen molar-refractivity contribution in [2.24, 2.45) is 11.8 Å². The van der Waals surface area contributed by atoms with Crippen LogP contribution in [0.2, 0.25) is 0 Å². The monoisotopic (exact) mass is 491 g/mol. The van der Waals surface area contributed by atoms with Crippen LogP contribution in [0.15, 0.2) is 46.8 Å². The highest BCUT2D eigenvalue weighted by Gasteiger charge is 2.47. The molecule has 6 nitrogen and oxygen atoms in total. The van der Waals surface area contributed by atoms with Gasteiger partial charge in [-0.1, -0.05) is 19.1 Å². The molecule has 4 rings (SSSR count). The van der Waals surface area contributed by atoms with E-state index in [1.54, 1.807) is 13.8 Å². The summed E-state index contributed by atoms with van der Waals surface area (Å²) in [6, 6.07) is 4.41. The third-order valence-electron chi connectivity index (χ3n) is 7.11. The van der Waals surface area contributed by atoms with Crippen molar-refractivity contribution in [3.05, 3.63) is 57.9 Å². The number of halogens is 3. The first-order valence-electron chi connectivity index (χ1n) is 11.7. The number of allylic oxidation sites excluding steroid dienone is 3. The minimum Gasteiger partial charge on any atom is -0.468 e. The number of hydrogen-bond donors (Lipinski definition) is 1. The topological polar surface area (TPSA) is 81.7 Å². The smallest absolute Gasteiger partial charge is 0.416 e. The Kier molecular flexibility index (Phi) is 6.79. The normalized spacial score (nSPS) is 25.3. The van der Waals surface area contributed by atoms with Crippen LogP contribution in [0.5, 0.6) is 0 Å². The van der Waals surface area contributed by atoms with Crippen LogP contribution in [-0.4, -0.2) is 30.9 Å². The zero-order valence-corrected chi connectivity index (χ0v) is 19.8. The van der Waals surface area contributed by atoms with Gasteiger partial charge in [0, 0.05) is 22.9 Å². The average Bonchev–Trinajstić information content (AvgIpc) is 3.30. The number of nitrogens with one attached hydrogen (secondary N) is 1. The number of methoxy groups -OCH3 is 1. The van der Waals surface area contributed by atoms with E-state index in [0.29, 0.717) is 23.4 Å². The molecule has 9 heteroatoms. The maximum Gasteiger partial charge on any atom is 0.416 e. The van der Waals surface area contributed by atoms with Crippen molar-refractivity contribution >= 4 is 17.7 Å². The van der Waals surface area contributed by atoms with Crippen molar-refractivity contribution in [1.29, 1.82) is 0 Å². The first kappa shape index (κ1) is 25.0. The fourth-order valence-electron chi connectivity index (χ4n) is 5.37. The van der Waals surface area contributed by atoms with Crippen molar-refractivity contribution < 1.29 is 37.0 Å². The van der Waals surface area contributed by atoms with Crippen LogP contribution < -0.4 is 5.32 Å². The third-order valence-corrected chi connectivity index (χ3v) is 7.11. The summed E-state index contributed by atoms with van der Waals surface area (Å²) in [5.74, 6) is -4.17. The molecule has 1 aliphatic heterocycles. The van der Waals surface area contributed by atoms with E-state index in [9.17, 15) is 27.6 Å². The average molecular weight is 492 g/mol. The first-order chi connectivity index (χ1) is 16.5. The van der Waals surface area contributed by atoms with Gasteiger partial charge in [0.15, 0.2) is 5.78 Å². The van der Waals surface area contributed by atoms with Crippen LogP contribution in [0, 0.1) is 11.8 Å². The number of esters is 2. The Labute approximate surface area is 201 Å². The van der Waals surface area contributed by atoms with Crippen molar-refractivity contribution in [2.45, 2.75) is 64.1 Å². The molecule has 1 aromatic carbocycles. The third kappa shape index (κ3) is 4.73. The molecule has 1 aromatic rings. The van der Waals surface area contributed by atoms with Crippen LogP contribution in [0.4, 0.5) is 13.2 Å². The molecular formula is C26H28F3NO5. The summed E-state index contributed by atoms with van der Waals surface area (Å²) in [6.07, 6.45) is -1.04. The molecule has 3 atom stereocenters. The molecule has 2 aliphatic carbocycles. The molecule has 1 saturated carbocycles. The van der Waals surface area contributed by atoms with Crippen LogP contribution in [0.1, 0.15) is 63.0 Å². The van der Waals surface area contributed by atoms with E-state index >= 15 is 0 Å². The number of dihydropyridines is 1. The Bertz CT molecular complexity index is 1100. The molecule has 1 N–H and O–H groups in total. The summed E-state index contributed by atoms with van der Waals surface area (Å²) in [5.41, 5.74) is 0.909. The van der Waals surface area contributed by atoms with E-state index in [-0.39, 0.29) is 23.2 Å². The van der Waals surface area contributed by atoms with Crippen LogP contribution in [-0.2, 0) is 30.0 Å². The molecule has 0 spiro atoms. The number of carbonyl (C=O) groups excluding carboxylic acids is 3. The summed E-state index contributed by atoms with van der Waals surface area (Å²) in [7, 11) is 1.20. The van der Waals surface area contributed by atoms with E-state index in [2.05, 4.69) is 5.32 Å². The van der Waals surface area contributed by atoms with Gasteiger partial charge in [0.1, 0.15) is 12.0 Å². The van der Waals surface area contributed by atoms with Gasteiger partial charge in [-0.15, -0.1) is 0 Å². The molecule has 0 radical (unpaired) electrons. The van der Waals surface area contributed by atoms with Gasteiger partial charge >= 0.3 is 18.1 Å². The number of benzene rings is 1. The maximum atomic E-state index is 13.6. The second kappa shape index (κ2) is 9.51. The summed E-state index contributed by atoms with van der Waals surface area (Å²) in [6.45, 7) is 3.45. The molecule has 0 saturated heterocycles. The summed E-state index contributed by atoms with van der Waals surface area (Å²) in [5, 5.41) is 3.15. The molecule has 35 heavy (non-hydrogen) atoms. The standard InChI is InChI=1S/C26H28F3NO5/c1-13-12-18-22(23(31)19(13)24(32)34-3)21(15-8-10-16(11-9-15)26(27,28)29)20(14(2)30-18)25(33)35-17-6-4-5-7-17/h8-11,13,17,19,21,30H,4-7,12H2,1-3H3/t13-,19-,21-/m1/s1. The second-order valence-electron chi connectivity index (χ2n) is 9.47. The quantitative estimate of drug-likeness (QED) is 0.481. The molecule has 3 aliphatic rings. The highest BCUT2D eigenvalue weighted by molar-refractivity contribution is 6.12. The Morgan fingerprint density at radius 2 is 1.71 bits per heavy atom. The van der Waals surface area contributed by atoms with E-state index in [4.69, 9.17) is 9.47 Å². The lowest BCUT2D eigenvalue weighted by Crippen LogP contribution is -2.43. The van der Waals surface area contributed by atoms with Gasteiger partial charge in [0.2, 0.25) is 0 Å². The number of Topliss-reactive ketones (excluding diaryl/α,β-unsaturated/α-hetero) is 1. The predicted molar refractivity (Wildman–Crippen MR) is 120 cm³/mol. The molecule has 188 valence electrons. The van der Waals surface area contributed by atoms with E-state index < -0.39 is 41.3 Å². The highest BCUT2D eigenvalue weighted by Crippen LogP contribution is 2.46. The lowest BCUT2D eigenvalue weighted by molar-refractivity contribution is -0.151. The van der Waals surface area contributed by atoms with Crippen LogP contribution in [0.3, 0.4) is 0 Å². The number of ketones is 1. The number of rotatable bonds is 4.